The van der Waals surface area contributed by atoms with Crippen molar-refractivity contribution in [3.05, 3.63) is 47.5 Å². The van der Waals surface area contributed by atoms with E-state index in [2.05, 4.69) is 10.1 Å². The van der Waals surface area contributed by atoms with Crippen LogP contribution in [-0.2, 0) is 17.8 Å². The van der Waals surface area contributed by atoms with Gasteiger partial charge in [0.2, 0.25) is 5.91 Å². The highest BCUT2D eigenvalue weighted by molar-refractivity contribution is 6.30. The molecule has 0 aromatic carbocycles. The summed E-state index contributed by atoms with van der Waals surface area (Å²) in [6.45, 7) is 1.10. The van der Waals surface area contributed by atoms with Crippen molar-refractivity contribution in [2.75, 3.05) is 6.54 Å². The molecule has 6 heteroatoms. The molecule has 0 saturated carbocycles. The molecule has 0 bridgehead atoms. The molecule has 0 aliphatic carbocycles. The summed E-state index contributed by atoms with van der Waals surface area (Å²) < 4.78 is 1.60. The fraction of sp³-hybridized carbons (Fsp3) is 0.438. The Kier molecular flexibility index (Phi) is 4.73. The summed E-state index contributed by atoms with van der Waals surface area (Å²) in [6, 6.07) is 4.39. The van der Waals surface area contributed by atoms with Crippen LogP contribution < -0.4 is 0 Å². The van der Waals surface area contributed by atoms with Crippen LogP contribution in [0.1, 0.15) is 24.8 Å². The van der Waals surface area contributed by atoms with Crippen molar-refractivity contribution in [1.82, 2.24) is 19.7 Å². The highest BCUT2D eigenvalue weighted by atomic mass is 35.5. The number of carbonyl (C=O) groups is 1. The fourth-order valence-electron chi connectivity index (χ4n) is 3.00. The summed E-state index contributed by atoms with van der Waals surface area (Å²) in [6.07, 6.45) is 11.0. The number of hydrogen-bond donors (Lipinski definition) is 0. The number of hydrogen-bond acceptors (Lipinski definition) is 3. The maximum absolute atomic E-state index is 12.5. The Labute approximate surface area is 134 Å². The van der Waals surface area contributed by atoms with Crippen molar-refractivity contribution in [2.45, 2.75) is 38.3 Å². The van der Waals surface area contributed by atoms with Crippen LogP contribution in [0.4, 0.5) is 0 Å². The Morgan fingerprint density at radius 3 is 2.91 bits per heavy atom. The third-order valence-electron chi connectivity index (χ3n) is 4.11. The molecule has 1 amide bonds. The molecule has 5 nitrogen and oxygen atoms in total. The summed E-state index contributed by atoms with van der Waals surface area (Å²) in [5.41, 5.74) is 1.27. The Bertz CT molecular complexity index is 628. The van der Waals surface area contributed by atoms with Gasteiger partial charge in [-0.1, -0.05) is 11.6 Å². The number of pyridine rings is 1. The second-order valence-electron chi connectivity index (χ2n) is 5.63. The second kappa shape index (κ2) is 6.92. The van der Waals surface area contributed by atoms with E-state index in [0.29, 0.717) is 11.1 Å². The minimum Gasteiger partial charge on any atom is -0.338 e. The predicted octanol–water partition coefficient (Wildman–Crippen LogP) is 2.56. The summed E-state index contributed by atoms with van der Waals surface area (Å²) in [4.78, 5) is 18.5. The van der Waals surface area contributed by atoms with Gasteiger partial charge in [-0.3, -0.25) is 14.5 Å². The van der Waals surface area contributed by atoms with Gasteiger partial charge < -0.3 is 4.90 Å². The van der Waals surface area contributed by atoms with E-state index in [0.717, 1.165) is 32.2 Å². The van der Waals surface area contributed by atoms with Crippen molar-refractivity contribution in [2.24, 2.45) is 0 Å². The summed E-state index contributed by atoms with van der Waals surface area (Å²) in [7, 11) is 0. The molecule has 2 aromatic rings. The summed E-state index contributed by atoms with van der Waals surface area (Å²) in [5, 5.41) is 4.63. The zero-order chi connectivity index (χ0) is 15.4. The molecule has 116 valence electrons. The number of aryl methyl sites for hydroxylation is 1. The number of likely N-dealkylation sites (tertiary alicyclic amines) is 1. The second-order valence-corrected chi connectivity index (χ2v) is 6.07. The van der Waals surface area contributed by atoms with Gasteiger partial charge in [0.15, 0.2) is 0 Å². The van der Waals surface area contributed by atoms with Gasteiger partial charge in [0.1, 0.15) is 6.54 Å². The lowest BCUT2D eigenvalue weighted by Crippen LogP contribution is -2.38. The SMILES string of the molecule is O=C(Cn1cc(Cl)cn1)N1CCC[C@@H]1CCc1ccncc1. The van der Waals surface area contributed by atoms with E-state index in [1.54, 1.807) is 17.1 Å². The Morgan fingerprint density at radius 1 is 1.36 bits per heavy atom. The molecule has 22 heavy (non-hydrogen) atoms. The van der Waals surface area contributed by atoms with Crippen LogP contribution >= 0.6 is 11.6 Å². The van der Waals surface area contributed by atoms with Crippen LogP contribution in [0.3, 0.4) is 0 Å². The third-order valence-corrected chi connectivity index (χ3v) is 4.31. The highest BCUT2D eigenvalue weighted by Gasteiger charge is 2.28. The number of halogens is 1. The largest absolute Gasteiger partial charge is 0.338 e. The van der Waals surface area contributed by atoms with Crippen LogP contribution in [0.15, 0.2) is 36.9 Å². The maximum atomic E-state index is 12.5. The van der Waals surface area contributed by atoms with Crippen molar-refractivity contribution in [3.8, 4) is 0 Å². The van der Waals surface area contributed by atoms with E-state index in [4.69, 9.17) is 11.6 Å². The Morgan fingerprint density at radius 2 is 2.18 bits per heavy atom. The third kappa shape index (κ3) is 3.65. The first-order valence-electron chi connectivity index (χ1n) is 7.59. The average Bonchev–Trinajstić information content (AvgIpc) is 3.15. The van der Waals surface area contributed by atoms with Crippen LogP contribution in [-0.4, -0.2) is 38.2 Å². The summed E-state index contributed by atoms with van der Waals surface area (Å²) >= 11 is 5.84. The molecule has 1 saturated heterocycles. The monoisotopic (exact) mass is 318 g/mol. The Hall–Kier alpha value is -1.88. The number of nitrogens with zero attached hydrogens (tertiary/aromatic N) is 4. The lowest BCUT2D eigenvalue weighted by atomic mass is 10.0. The number of rotatable bonds is 5. The lowest BCUT2D eigenvalue weighted by molar-refractivity contribution is -0.132. The van der Waals surface area contributed by atoms with Crippen molar-refractivity contribution in [1.29, 1.82) is 0 Å². The highest BCUT2D eigenvalue weighted by Crippen LogP contribution is 2.22. The smallest absolute Gasteiger partial charge is 0.244 e. The lowest BCUT2D eigenvalue weighted by Gasteiger charge is -2.24. The topological polar surface area (TPSA) is 51.0 Å². The molecule has 1 aliphatic heterocycles. The van der Waals surface area contributed by atoms with E-state index in [1.807, 2.05) is 29.4 Å². The van der Waals surface area contributed by atoms with Crippen molar-refractivity contribution < 1.29 is 4.79 Å². The first kappa shape index (κ1) is 15.0. The van der Waals surface area contributed by atoms with Gasteiger partial charge in [0.25, 0.3) is 0 Å². The molecule has 1 fully saturated rings. The summed E-state index contributed by atoms with van der Waals surface area (Å²) in [5.74, 6) is 0.122. The maximum Gasteiger partial charge on any atom is 0.244 e. The molecule has 0 N–H and O–H groups in total. The van der Waals surface area contributed by atoms with Crippen LogP contribution in [0.2, 0.25) is 5.02 Å². The first-order valence-corrected chi connectivity index (χ1v) is 7.96. The number of aromatic nitrogens is 3. The fourth-order valence-corrected chi connectivity index (χ4v) is 3.16. The molecule has 0 radical (unpaired) electrons. The van der Waals surface area contributed by atoms with Gasteiger partial charge in [-0.25, -0.2) is 0 Å². The first-order chi connectivity index (χ1) is 10.7. The molecular weight excluding hydrogens is 300 g/mol. The normalized spacial score (nSPS) is 17.9. The van der Waals surface area contributed by atoms with Gasteiger partial charge in [0, 0.05) is 31.2 Å². The van der Waals surface area contributed by atoms with E-state index >= 15 is 0 Å². The molecule has 1 aliphatic rings. The van der Waals surface area contributed by atoms with E-state index in [1.165, 1.54) is 5.56 Å². The molecule has 0 unspecified atom stereocenters. The number of amides is 1. The number of carbonyl (C=O) groups excluding carboxylic acids is 1. The van der Waals surface area contributed by atoms with E-state index in [9.17, 15) is 4.79 Å². The minimum absolute atomic E-state index is 0.122. The predicted molar refractivity (Wildman–Crippen MR) is 84.5 cm³/mol. The zero-order valence-corrected chi connectivity index (χ0v) is 13.1. The van der Waals surface area contributed by atoms with Gasteiger partial charge >= 0.3 is 0 Å². The standard InChI is InChI=1S/C16H19ClN4O/c17-14-10-19-20(11-14)12-16(22)21-9-1-2-15(21)4-3-13-5-7-18-8-6-13/h5-8,10-11,15H,1-4,9,12H2/t15-/m1/s1. The molecule has 1 atom stereocenters. The van der Waals surface area contributed by atoms with Gasteiger partial charge in [-0.2, -0.15) is 5.10 Å². The van der Waals surface area contributed by atoms with E-state index in [-0.39, 0.29) is 12.5 Å². The minimum atomic E-state index is 0.122. The van der Waals surface area contributed by atoms with Crippen LogP contribution in [0, 0.1) is 0 Å². The molecular formula is C16H19ClN4O. The quantitative estimate of drug-likeness (QED) is 0.851. The zero-order valence-electron chi connectivity index (χ0n) is 12.4. The van der Waals surface area contributed by atoms with E-state index < -0.39 is 0 Å². The van der Waals surface area contributed by atoms with Crippen molar-refractivity contribution >= 4 is 17.5 Å². The molecule has 0 spiro atoms. The van der Waals surface area contributed by atoms with Gasteiger partial charge in [-0.15, -0.1) is 0 Å². The Balaban J connectivity index is 1.56. The van der Waals surface area contributed by atoms with Gasteiger partial charge in [-0.05, 0) is 43.4 Å². The van der Waals surface area contributed by atoms with Crippen LogP contribution in [0.25, 0.3) is 0 Å². The molecule has 3 heterocycles. The average molecular weight is 319 g/mol. The van der Waals surface area contributed by atoms with Crippen LogP contribution in [0.5, 0.6) is 0 Å². The molecule has 3 rings (SSSR count). The molecule has 2 aromatic heterocycles. The van der Waals surface area contributed by atoms with Crippen molar-refractivity contribution in [3.63, 3.8) is 0 Å². The van der Waals surface area contributed by atoms with Gasteiger partial charge in [0.05, 0.1) is 11.2 Å².